The summed E-state index contributed by atoms with van der Waals surface area (Å²) in [4.78, 5) is 14.0. The van der Waals surface area contributed by atoms with Crippen LogP contribution in [-0.2, 0) is 11.3 Å². The van der Waals surface area contributed by atoms with Gasteiger partial charge in [0.1, 0.15) is 0 Å². The molecule has 1 atom stereocenters. The summed E-state index contributed by atoms with van der Waals surface area (Å²) >= 11 is 9.61. The molecule has 0 bridgehead atoms. The zero-order chi connectivity index (χ0) is 13.1. The lowest BCUT2D eigenvalue weighted by Gasteiger charge is -2.34. The summed E-state index contributed by atoms with van der Waals surface area (Å²) in [6.07, 6.45) is 0.819. The highest BCUT2D eigenvalue weighted by Gasteiger charge is 2.28. The van der Waals surface area contributed by atoms with Crippen LogP contribution in [0.3, 0.4) is 0 Å². The number of hydrogen-bond acceptors (Lipinski definition) is 2. The van der Waals surface area contributed by atoms with Crippen molar-refractivity contribution in [2.24, 2.45) is 0 Å². The second-order valence-electron chi connectivity index (χ2n) is 4.42. The minimum absolute atomic E-state index is 0.0431. The Morgan fingerprint density at radius 2 is 2.33 bits per heavy atom. The van der Waals surface area contributed by atoms with E-state index in [1.807, 2.05) is 25.1 Å². The van der Waals surface area contributed by atoms with Gasteiger partial charge in [0, 0.05) is 29.1 Å². The second-order valence-corrected chi connectivity index (χ2v) is 5.74. The molecule has 1 fully saturated rings. The van der Waals surface area contributed by atoms with Gasteiger partial charge in [-0.2, -0.15) is 0 Å². The molecule has 1 heterocycles. The van der Waals surface area contributed by atoms with E-state index in [0.717, 1.165) is 34.6 Å². The summed E-state index contributed by atoms with van der Waals surface area (Å²) in [6.45, 7) is 4.34. The summed E-state index contributed by atoms with van der Waals surface area (Å²) in [5.41, 5.74) is 1.06. The molecule has 1 aromatic carbocycles. The number of amides is 1. The van der Waals surface area contributed by atoms with Crippen LogP contribution in [0.1, 0.15) is 18.9 Å². The van der Waals surface area contributed by atoms with Gasteiger partial charge in [0.25, 0.3) is 0 Å². The molecule has 0 aliphatic carbocycles. The van der Waals surface area contributed by atoms with Gasteiger partial charge in [0.2, 0.25) is 5.91 Å². The van der Waals surface area contributed by atoms with E-state index >= 15 is 0 Å². The standard InChI is InChI=1S/C13H16BrClN2O/c1-2-12-13(18)16-5-6-17(12)8-9-3-4-10(14)7-11(9)15/h3-4,7,12H,2,5-6,8H2,1H3,(H,16,18). The predicted octanol–water partition coefficient (Wildman–Crippen LogP) is 2.81. The van der Waals surface area contributed by atoms with Crippen molar-refractivity contribution in [2.75, 3.05) is 13.1 Å². The Hall–Kier alpha value is -0.580. The highest BCUT2D eigenvalue weighted by molar-refractivity contribution is 9.10. The normalized spacial score (nSPS) is 20.8. The molecular formula is C13H16BrClN2O. The van der Waals surface area contributed by atoms with Crippen molar-refractivity contribution in [2.45, 2.75) is 25.9 Å². The molecule has 2 rings (SSSR count). The lowest BCUT2D eigenvalue weighted by Crippen LogP contribution is -2.54. The largest absolute Gasteiger partial charge is 0.353 e. The highest BCUT2D eigenvalue weighted by atomic mass is 79.9. The summed E-state index contributed by atoms with van der Waals surface area (Å²) in [7, 11) is 0. The lowest BCUT2D eigenvalue weighted by molar-refractivity contribution is -0.129. The number of carbonyl (C=O) groups excluding carboxylic acids is 1. The van der Waals surface area contributed by atoms with Gasteiger partial charge in [-0.15, -0.1) is 0 Å². The Morgan fingerprint density at radius 3 is 3.00 bits per heavy atom. The third-order valence-corrected chi connectivity index (χ3v) is 4.06. The first-order valence-corrected chi connectivity index (χ1v) is 7.24. The fraction of sp³-hybridized carbons (Fsp3) is 0.462. The van der Waals surface area contributed by atoms with Crippen molar-refractivity contribution in [3.05, 3.63) is 33.3 Å². The maximum atomic E-state index is 11.8. The van der Waals surface area contributed by atoms with Gasteiger partial charge in [-0.05, 0) is 24.1 Å². The second kappa shape index (κ2) is 6.04. The number of nitrogens with one attached hydrogen (secondary N) is 1. The zero-order valence-corrected chi connectivity index (χ0v) is 12.6. The molecule has 18 heavy (non-hydrogen) atoms. The van der Waals surface area contributed by atoms with E-state index in [1.165, 1.54) is 0 Å². The summed E-state index contributed by atoms with van der Waals surface area (Å²) in [5, 5.41) is 3.64. The first kappa shape index (κ1) is 13.8. The summed E-state index contributed by atoms with van der Waals surface area (Å²) < 4.78 is 0.972. The number of rotatable bonds is 3. The van der Waals surface area contributed by atoms with Gasteiger partial charge in [-0.1, -0.05) is 40.5 Å². The van der Waals surface area contributed by atoms with E-state index in [2.05, 4.69) is 26.1 Å². The molecule has 1 amide bonds. The number of halogens is 2. The van der Waals surface area contributed by atoms with Crippen LogP contribution in [0.25, 0.3) is 0 Å². The van der Waals surface area contributed by atoms with Crippen molar-refractivity contribution in [3.63, 3.8) is 0 Å². The molecule has 0 aromatic heterocycles. The number of benzene rings is 1. The van der Waals surface area contributed by atoms with Crippen LogP contribution in [0.4, 0.5) is 0 Å². The van der Waals surface area contributed by atoms with Crippen LogP contribution >= 0.6 is 27.5 Å². The quantitative estimate of drug-likeness (QED) is 0.924. The van der Waals surface area contributed by atoms with Crippen LogP contribution in [0.5, 0.6) is 0 Å². The number of piperazine rings is 1. The third-order valence-electron chi connectivity index (χ3n) is 3.22. The Labute approximate surface area is 121 Å². The molecule has 1 aliphatic rings. The van der Waals surface area contributed by atoms with Gasteiger partial charge < -0.3 is 5.32 Å². The zero-order valence-electron chi connectivity index (χ0n) is 10.2. The molecule has 1 N–H and O–H groups in total. The van der Waals surface area contributed by atoms with E-state index in [1.54, 1.807) is 0 Å². The van der Waals surface area contributed by atoms with Crippen LogP contribution in [0.2, 0.25) is 5.02 Å². The van der Waals surface area contributed by atoms with Crippen LogP contribution in [0, 0.1) is 0 Å². The highest BCUT2D eigenvalue weighted by Crippen LogP contribution is 2.24. The molecule has 0 spiro atoms. The molecule has 98 valence electrons. The molecule has 1 unspecified atom stereocenters. The van der Waals surface area contributed by atoms with Crippen LogP contribution in [-0.4, -0.2) is 29.9 Å². The van der Waals surface area contributed by atoms with Crippen LogP contribution in [0.15, 0.2) is 22.7 Å². The molecule has 0 radical (unpaired) electrons. The van der Waals surface area contributed by atoms with E-state index in [0.29, 0.717) is 6.54 Å². The van der Waals surface area contributed by atoms with Crippen molar-refractivity contribution in [1.82, 2.24) is 10.2 Å². The number of carbonyl (C=O) groups is 1. The first-order chi connectivity index (χ1) is 8.61. The lowest BCUT2D eigenvalue weighted by atomic mass is 10.1. The van der Waals surface area contributed by atoms with Crippen molar-refractivity contribution < 1.29 is 4.79 Å². The fourth-order valence-corrected chi connectivity index (χ4v) is 3.00. The molecule has 1 aliphatic heterocycles. The Morgan fingerprint density at radius 1 is 1.56 bits per heavy atom. The first-order valence-electron chi connectivity index (χ1n) is 6.07. The molecule has 1 aromatic rings. The average molecular weight is 332 g/mol. The Balaban J connectivity index is 2.14. The van der Waals surface area contributed by atoms with Crippen molar-refractivity contribution in [3.8, 4) is 0 Å². The van der Waals surface area contributed by atoms with Gasteiger partial charge in [-0.3, -0.25) is 9.69 Å². The topological polar surface area (TPSA) is 32.3 Å². The molecular weight excluding hydrogens is 316 g/mol. The van der Waals surface area contributed by atoms with Gasteiger partial charge >= 0.3 is 0 Å². The van der Waals surface area contributed by atoms with Gasteiger partial charge in [-0.25, -0.2) is 0 Å². The van der Waals surface area contributed by atoms with Gasteiger partial charge in [0.05, 0.1) is 6.04 Å². The minimum atomic E-state index is -0.0431. The summed E-state index contributed by atoms with van der Waals surface area (Å²) in [6, 6.07) is 5.83. The third kappa shape index (κ3) is 3.05. The van der Waals surface area contributed by atoms with E-state index in [4.69, 9.17) is 11.6 Å². The maximum absolute atomic E-state index is 11.8. The van der Waals surface area contributed by atoms with Crippen molar-refractivity contribution in [1.29, 1.82) is 0 Å². The number of nitrogens with zero attached hydrogens (tertiary/aromatic N) is 1. The van der Waals surface area contributed by atoms with E-state index in [9.17, 15) is 4.79 Å². The fourth-order valence-electron chi connectivity index (χ4n) is 2.26. The smallest absolute Gasteiger partial charge is 0.237 e. The molecule has 3 nitrogen and oxygen atoms in total. The Kier molecular flexibility index (Phi) is 4.65. The molecule has 0 saturated carbocycles. The molecule has 1 saturated heterocycles. The Bertz CT molecular complexity index is 453. The summed E-state index contributed by atoms with van der Waals surface area (Å²) in [5.74, 6) is 0.122. The maximum Gasteiger partial charge on any atom is 0.237 e. The predicted molar refractivity (Wildman–Crippen MR) is 76.7 cm³/mol. The van der Waals surface area contributed by atoms with E-state index < -0.39 is 0 Å². The van der Waals surface area contributed by atoms with Crippen LogP contribution < -0.4 is 5.32 Å². The number of hydrogen-bond donors (Lipinski definition) is 1. The van der Waals surface area contributed by atoms with E-state index in [-0.39, 0.29) is 11.9 Å². The molecule has 5 heteroatoms. The minimum Gasteiger partial charge on any atom is -0.353 e. The van der Waals surface area contributed by atoms with Gasteiger partial charge in [0.15, 0.2) is 0 Å². The SMILES string of the molecule is CCC1C(=O)NCCN1Cc1ccc(Br)cc1Cl. The monoisotopic (exact) mass is 330 g/mol. The average Bonchev–Trinajstić information content (AvgIpc) is 2.33. The van der Waals surface area contributed by atoms with Crippen molar-refractivity contribution >= 4 is 33.4 Å².